The lowest BCUT2D eigenvalue weighted by atomic mass is 9.68. The highest BCUT2D eigenvalue weighted by atomic mass is 32.2. The number of hydrogen-bond acceptors (Lipinski definition) is 4. The van der Waals surface area contributed by atoms with Crippen molar-refractivity contribution in [3.63, 3.8) is 0 Å². The van der Waals surface area contributed by atoms with Crippen molar-refractivity contribution in [3.8, 4) is 0 Å². The predicted molar refractivity (Wildman–Crippen MR) is 140 cm³/mol. The minimum atomic E-state index is -3.34. The molecule has 0 radical (unpaired) electrons. The molecule has 33 heavy (non-hydrogen) atoms. The quantitative estimate of drug-likeness (QED) is 0.673. The van der Waals surface area contributed by atoms with Gasteiger partial charge in [-0.2, -0.15) is 0 Å². The lowest BCUT2D eigenvalue weighted by Gasteiger charge is -2.42. The minimum Gasteiger partial charge on any atom is -0.345 e. The van der Waals surface area contributed by atoms with E-state index in [2.05, 4.69) is 22.7 Å². The van der Waals surface area contributed by atoms with Gasteiger partial charge in [-0.15, -0.1) is 0 Å². The van der Waals surface area contributed by atoms with Crippen LogP contribution in [0.1, 0.15) is 62.0 Å². The van der Waals surface area contributed by atoms with Gasteiger partial charge in [-0.25, -0.2) is 8.42 Å². The molecular weight excluding hydrogens is 434 g/mol. The Hall–Kier alpha value is -2.38. The monoisotopic (exact) mass is 475 g/mol. The Labute approximate surface area is 201 Å². The van der Waals surface area contributed by atoms with E-state index in [1.165, 1.54) is 0 Å². The molecule has 0 bridgehead atoms. The Morgan fingerprint density at radius 2 is 1.48 bits per heavy atom. The van der Waals surface area contributed by atoms with E-state index in [1.807, 2.05) is 64.1 Å². The molecule has 0 saturated carbocycles. The molecule has 3 rings (SSSR count). The first-order valence-corrected chi connectivity index (χ1v) is 13.6. The van der Waals surface area contributed by atoms with Crippen molar-refractivity contribution in [3.05, 3.63) is 65.2 Å². The Morgan fingerprint density at radius 3 is 1.97 bits per heavy atom. The van der Waals surface area contributed by atoms with Crippen LogP contribution in [0.4, 0.5) is 5.69 Å². The predicted octanol–water partition coefficient (Wildman–Crippen LogP) is 4.82. The first-order valence-electron chi connectivity index (χ1n) is 11.7. The Bertz CT molecular complexity index is 978. The van der Waals surface area contributed by atoms with Gasteiger partial charge in [0.1, 0.15) is 0 Å². The second-order valence-electron chi connectivity index (χ2n) is 8.12. The summed E-state index contributed by atoms with van der Waals surface area (Å²) >= 11 is 0. The van der Waals surface area contributed by atoms with E-state index in [-0.39, 0.29) is 11.3 Å². The lowest BCUT2D eigenvalue weighted by molar-refractivity contribution is 0.0827. The van der Waals surface area contributed by atoms with Gasteiger partial charge in [-0.3, -0.25) is 9.52 Å². The van der Waals surface area contributed by atoms with E-state index in [9.17, 15) is 13.2 Å². The van der Waals surface area contributed by atoms with Gasteiger partial charge in [0.25, 0.3) is 5.91 Å². The third-order valence-electron chi connectivity index (χ3n) is 5.65. The van der Waals surface area contributed by atoms with Gasteiger partial charge in [0, 0.05) is 30.8 Å². The average Bonchev–Trinajstić information content (AvgIpc) is 2.81. The van der Waals surface area contributed by atoms with Crippen molar-refractivity contribution in [1.29, 1.82) is 0 Å². The number of sulfonamides is 1. The van der Waals surface area contributed by atoms with Crippen LogP contribution in [0, 0.1) is 0 Å². The summed E-state index contributed by atoms with van der Waals surface area (Å²) in [5.41, 5.74) is 3.25. The maximum Gasteiger partial charge on any atom is 0.253 e. The molecule has 7 heteroatoms. The van der Waals surface area contributed by atoms with Gasteiger partial charge >= 0.3 is 0 Å². The van der Waals surface area contributed by atoms with Crippen molar-refractivity contribution in [2.45, 2.75) is 46.0 Å². The maximum absolute atomic E-state index is 12.3. The van der Waals surface area contributed by atoms with Crippen LogP contribution in [0.3, 0.4) is 0 Å². The summed E-state index contributed by atoms with van der Waals surface area (Å²) in [5.74, 6) is -0.0201. The molecule has 1 heterocycles. The van der Waals surface area contributed by atoms with Gasteiger partial charge in [0.2, 0.25) is 10.0 Å². The fraction of sp³-hybridized carbons (Fsp3) is 0.500. The fourth-order valence-corrected chi connectivity index (χ4v) is 4.58. The summed E-state index contributed by atoms with van der Waals surface area (Å²) in [6, 6.07) is 15.5. The molecule has 1 fully saturated rings. The highest BCUT2D eigenvalue weighted by molar-refractivity contribution is 7.92. The fourth-order valence-electron chi connectivity index (χ4n) is 4.03. The standard InChI is InChI=1S/C22H29N3O3S.2C2H6/c1-24(2)21(26)17-8-10-18(11-9-17)22(12-14-25(3)15-13-22)19-6-5-7-20(16-19)23-29(4,27)28;2*1-2/h5-11,16,23H,12-15H2,1-4H3;2*1-2H3. The third kappa shape index (κ3) is 7.57. The Morgan fingerprint density at radius 1 is 0.939 bits per heavy atom. The van der Waals surface area contributed by atoms with Crippen molar-refractivity contribution >= 4 is 21.6 Å². The summed E-state index contributed by atoms with van der Waals surface area (Å²) in [6.45, 7) is 9.89. The molecule has 0 aliphatic carbocycles. The SMILES string of the molecule is CC.CC.CN1CCC(c2ccc(C(=O)N(C)C)cc2)(c2cccc(NS(C)(=O)=O)c2)CC1. The zero-order chi connectivity index (χ0) is 25.2. The number of nitrogens with zero attached hydrogens (tertiary/aromatic N) is 2. The van der Waals surface area contributed by atoms with Crippen LogP contribution >= 0.6 is 0 Å². The third-order valence-corrected chi connectivity index (χ3v) is 6.26. The van der Waals surface area contributed by atoms with Crippen LogP contribution in [0.15, 0.2) is 48.5 Å². The van der Waals surface area contributed by atoms with E-state index in [1.54, 1.807) is 25.1 Å². The Kier molecular flexibility index (Phi) is 11.1. The number of nitrogens with one attached hydrogen (secondary N) is 1. The van der Waals surface area contributed by atoms with Crippen LogP contribution < -0.4 is 4.72 Å². The molecule has 0 aromatic heterocycles. The largest absolute Gasteiger partial charge is 0.345 e. The number of benzene rings is 2. The van der Waals surface area contributed by atoms with Crippen molar-refractivity contribution < 1.29 is 13.2 Å². The first-order chi connectivity index (χ1) is 15.6. The number of rotatable bonds is 5. The zero-order valence-electron chi connectivity index (χ0n) is 21.5. The maximum atomic E-state index is 12.3. The van der Waals surface area contributed by atoms with E-state index in [0.717, 1.165) is 43.3 Å². The molecule has 1 aliphatic rings. The summed E-state index contributed by atoms with van der Waals surface area (Å²) in [6.07, 6.45) is 3.01. The van der Waals surface area contributed by atoms with Gasteiger partial charge in [0.15, 0.2) is 0 Å². The van der Waals surface area contributed by atoms with Crippen LogP contribution in [-0.2, 0) is 15.4 Å². The molecule has 2 aromatic rings. The average molecular weight is 476 g/mol. The molecule has 1 aliphatic heterocycles. The van der Waals surface area contributed by atoms with Gasteiger partial charge < -0.3 is 9.80 Å². The van der Waals surface area contributed by atoms with Crippen LogP contribution in [0.5, 0.6) is 0 Å². The topological polar surface area (TPSA) is 69.7 Å². The number of piperidine rings is 1. The number of amides is 1. The molecule has 2 aromatic carbocycles. The normalized spacial score (nSPS) is 15.3. The zero-order valence-corrected chi connectivity index (χ0v) is 22.3. The highest BCUT2D eigenvalue weighted by Crippen LogP contribution is 2.42. The second kappa shape index (κ2) is 12.8. The van der Waals surface area contributed by atoms with Crippen molar-refractivity contribution in [1.82, 2.24) is 9.80 Å². The van der Waals surface area contributed by atoms with E-state index in [4.69, 9.17) is 0 Å². The second-order valence-corrected chi connectivity index (χ2v) is 9.87. The van der Waals surface area contributed by atoms with Crippen LogP contribution in [-0.4, -0.2) is 64.6 Å². The van der Waals surface area contributed by atoms with Gasteiger partial charge in [-0.1, -0.05) is 52.0 Å². The van der Waals surface area contributed by atoms with Crippen LogP contribution in [0.25, 0.3) is 0 Å². The molecule has 0 atom stereocenters. The van der Waals surface area contributed by atoms with E-state index < -0.39 is 10.0 Å². The number of hydrogen-bond donors (Lipinski definition) is 1. The summed E-state index contributed by atoms with van der Waals surface area (Å²) in [7, 11) is 2.26. The van der Waals surface area contributed by atoms with Crippen LogP contribution in [0.2, 0.25) is 0 Å². The Balaban J connectivity index is 0.00000129. The highest BCUT2D eigenvalue weighted by Gasteiger charge is 2.37. The summed E-state index contributed by atoms with van der Waals surface area (Å²) < 4.78 is 26.0. The molecule has 0 spiro atoms. The lowest BCUT2D eigenvalue weighted by Crippen LogP contribution is -2.41. The first kappa shape index (κ1) is 28.7. The van der Waals surface area contributed by atoms with E-state index >= 15 is 0 Å². The van der Waals surface area contributed by atoms with Crippen molar-refractivity contribution in [2.75, 3.05) is 45.2 Å². The van der Waals surface area contributed by atoms with Gasteiger partial charge in [0.05, 0.1) is 6.26 Å². The smallest absolute Gasteiger partial charge is 0.253 e. The molecular formula is C26H41N3O3S. The molecule has 6 nitrogen and oxygen atoms in total. The molecule has 1 saturated heterocycles. The van der Waals surface area contributed by atoms with E-state index in [0.29, 0.717) is 11.3 Å². The number of anilines is 1. The molecule has 0 unspecified atom stereocenters. The molecule has 1 amide bonds. The minimum absolute atomic E-state index is 0.0201. The number of carbonyl (C=O) groups excluding carboxylic acids is 1. The summed E-state index contributed by atoms with van der Waals surface area (Å²) in [4.78, 5) is 16.1. The number of likely N-dealkylation sites (tertiary alicyclic amines) is 1. The van der Waals surface area contributed by atoms with Gasteiger partial charge in [-0.05, 0) is 68.4 Å². The number of carbonyl (C=O) groups is 1. The molecule has 1 N–H and O–H groups in total. The summed E-state index contributed by atoms with van der Waals surface area (Å²) in [5, 5.41) is 0. The van der Waals surface area contributed by atoms with Crippen molar-refractivity contribution in [2.24, 2.45) is 0 Å². The molecule has 184 valence electrons.